The summed E-state index contributed by atoms with van der Waals surface area (Å²) in [6.45, 7) is 1.07. The Morgan fingerprint density at radius 3 is 2.84 bits per heavy atom. The highest BCUT2D eigenvalue weighted by Gasteiger charge is 2.29. The van der Waals surface area contributed by atoms with Crippen molar-refractivity contribution in [2.75, 3.05) is 13.1 Å². The summed E-state index contributed by atoms with van der Waals surface area (Å²) in [6.07, 6.45) is 0.837. The number of hydrogen-bond donors (Lipinski definition) is 1. The highest BCUT2D eigenvalue weighted by molar-refractivity contribution is 9.10. The van der Waals surface area contributed by atoms with Crippen LogP contribution >= 0.6 is 27.5 Å². The van der Waals surface area contributed by atoms with Gasteiger partial charge in [0, 0.05) is 24.0 Å². The van der Waals surface area contributed by atoms with Crippen LogP contribution in [0.25, 0.3) is 0 Å². The van der Waals surface area contributed by atoms with Crippen molar-refractivity contribution >= 4 is 39.4 Å². The molecule has 0 saturated carbocycles. The predicted molar refractivity (Wildman–Crippen MR) is 75.4 cm³/mol. The molecule has 1 atom stereocenters. The van der Waals surface area contributed by atoms with E-state index in [2.05, 4.69) is 15.9 Å². The molecule has 6 heteroatoms. The fourth-order valence-corrected chi connectivity index (χ4v) is 3.02. The fraction of sp³-hybridized carbons (Fsp3) is 0.385. The van der Waals surface area contributed by atoms with Gasteiger partial charge in [-0.15, -0.1) is 0 Å². The van der Waals surface area contributed by atoms with E-state index in [0.29, 0.717) is 23.7 Å². The van der Waals surface area contributed by atoms with Crippen LogP contribution < -0.4 is 0 Å². The summed E-state index contributed by atoms with van der Waals surface area (Å²) in [4.78, 5) is 24.6. The highest BCUT2D eigenvalue weighted by atomic mass is 79.9. The number of rotatable bonds is 3. The first-order chi connectivity index (χ1) is 8.97. The van der Waals surface area contributed by atoms with Crippen LogP contribution in [0.2, 0.25) is 5.02 Å². The Labute approximate surface area is 124 Å². The minimum atomic E-state index is -0.819. The first-order valence-corrected chi connectivity index (χ1v) is 7.10. The largest absolute Gasteiger partial charge is 0.481 e. The molecule has 0 radical (unpaired) electrons. The number of nitrogens with zero attached hydrogens (tertiary/aromatic N) is 1. The summed E-state index contributed by atoms with van der Waals surface area (Å²) in [5.41, 5.74) is 0.459. The molecule has 1 N–H and O–H groups in total. The number of carboxylic acids is 1. The number of aliphatic carboxylic acids is 1. The molecule has 0 aromatic heterocycles. The van der Waals surface area contributed by atoms with Gasteiger partial charge in [-0.2, -0.15) is 0 Å². The zero-order chi connectivity index (χ0) is 14.0. The molecule has 102 valence electrons. The topological polar surface area (TPSA) is 57.6 Å². The molecule has 1 aliphatic heterocycles. The minimum Gasteiger partial charge on any atom is -0.481 e. The zero-order valence-corrected chi connectivity index (χ0v) is 12.4. The van der Waals surface area contributed by atoms with Crippen molar-refractivity contribution in [3.63, 3.8) is 0 Å². The third-order valence-corrected chi connectivity index (χ3v) is 4.00. The normalized spacial score (nSPS) is 18.6. The number of halogens is 2. The molecule has 1 aromatic carbocycles. The van der Waals surface area contributed by atoms with Crippen molar-refractivity contribution in [3.05, 3.63) is 33.3 Å². The van der Waals surface area contributed by atoms with Crippen LogP contribution in [0.4, 0.5) is 0 Å². The zero-order valence-electron chi connectivity index (χ0n) is 10.1. The Morgan fingerprint density at radius 2 is 2.21 bits per heavy atom. The fourth-order valence-electron chi connectivity index (χ4n) is 2.26. The molecule has 0 bridgehead atoms. The van der Waals surface area contributed by atoms with Crippen molar-refractivity contribution in [1.82, 2.24) is 4.90 Å². The van der Waals surface area contributed by atoms with E-state index >= 15 is 0 Å². The summed E-state index contributed by atoms with van der Waals surface area (Å²) < 4.78 is 0.819. The molecular weight excluding hydrogens is 334 g/mol. The Morgan fingerprint density at radius 1 is 1.47 bits per heavy atom. The Kier molecular flexibility index (Phi) is 4.47. The number of benzene rings is 1. The Bertz CT molecular complexity index is 521. The molecule has 1 saturated heterocycles. The first kappa shape index (κ1) is 14.3. The van der Waals surface area contributed by atoms with Crippen LogP contribution in [0.1, 0.15) is 23.2 Å². The van der Waals surface area contributed by atoms with E-state index < -0.39 is 5.97 Å². The average Bonchev–Trinajstić information content (AvgIpc) is 2.75. The van der Waals surface area contributed by atoms with E-state index in [1.54, 1.807) is 23.1 Å². The SMILES string of the molecule is O=C(O)CC1CCN(C(=O)c2ccc(Br)cc2Cl)C1. The number of carbonyl (C=O) groups is 2. The maximum atomic E-state index is 12.3. The molecule has 1 amide bonds. The van der Waals surface area contributed by atoms with Crippen molar-refractivity contribution in [2.24, 2.45) is 5.92 Å². The quantitative estimate of drug-likeness (QED) is 0.915. The van der Waals surface area contributed by atoms with Gasteiger partial charge in [0.15, 0.2) is 0 Å². The lowest BCUT2D eigenvalue weighted by atomic mass is 10.1. The van der Waals surface area contributed by atoms with E-state index in [9.17, 15) is 9.59 Å². The molecule has 1 aliphatic rings. The van der Waals surface area contributed by atoms with Gasteiger partial charge in [-0.05, 0) is 30.5 Å². The third kappa shape index (κ3) is 3.48. The molecule has 19 heavy (non-hydrogen) atoms. The lowest BCUT2D eigenvalue weighted by molar-refractivity contribution is -0.138. The van der Waals surface area contributed by atoms with E-state index in [-0.39, 0.29) is 18.2 Å². The maximum Gasteiger partial charge on any atom is 0.303 e. The number of carboxylic acid groups (broad SMARTS) is 1. The number of likely N-dealkylation sites (tertiary alicyclic amines) is 1. The second-order valence-corrected chi connectivity index (χ2v) is 5.95. The minimum absolute atomic E-state index is 0.0377. The lowest BCUT2D eigenvalue weighted by Crippen LogP contribution is -2.29. The number of amides is 1. The van der Waals surface area contributed by atoms with Gasteiger partial charge in [-0.25, -0.2) is 0 Å². The van der Waals surface area contributed by atoms with Crippen molar-refractivity contribution in [1.29, 1.82) is 0 Å². The summed E-state index contributed by atoms with van der Waals surface area (Å²) in [5.74, 6) is -0.915. The smallest absolute Gasteiger partial charge is 0.303 e. The molecule has 2 rings (SSSR count). The third-order valence-electron chi connectivity index (χ3n) is 3.20. The van der Waals surface area contributed by atoms with Crippen LogP contribution in [0.15, 0.2) is 22.7 Å². The molecule has 1 heterocycles. The second kappa shape index (κ2) is 5.92. The summed E-state index contributed by atoms with van der Waals surface area (Å²) in [6, 6.07) is 5.13. The van der Waals surface area contributed by atoms with Gasteiger partial charge in [0.1, 0.15) is 0 Å². The summed E-state index contributed by atoms with van der Waals surface area (Å²) in [7, 11) is 0. The standard InChI is InChI=1S/C13H13BrClNO3/c14-9-1-2-10(11(15)6-9)13(19)16-4-3-8(7-16)5-12(17)18/h1-2,6,8H,3-5,7H2,(H,17,18). The predicted octanol–water partition coefficient (Wildman–Crippen LogP) is 3.04. The molecule has 4 nitrogen and oxygen atoms in total. The monoisotopic (exact) mass is 345 g/mol. The van der Waals surface area contributed by atoms with Gasteiger partial charge >= 0.3 is 5.97 Å². The second-order valence-electron chi connectivity index (χ2n) is 4.63. The van der Waals surface area contributed by atoms with Crippen molar-refractivity contribution in [3.8, 4) is 0 Å². The molecule has 0 aliphatic carbocycles. The van der Waals surface area contributed by atoms with Gasteiger partial charge in [-0.3, -0.25) is 9.59 Å². The molecule has 1 aromatic rings. The van der Waals surface area contributed by atoms with Gasteiger partial charge in [0.2, 0.25) is 0 Å². The van der Waals surface area contributed by atoms with Crippen molar-refractivity contribution in [2.45, 2.75) is 12.8 Å². The Balaban J connectivity index is 2.07. The van der Waals surface area contributed by atoms with E-state index in [1.807, 2.05) is 0 Å². The van der Waals surface area contributed by atoms with Crippen LogP contribution in [0.3, 0.4) is 0 Å². The van der Waals surface area contributed by atoms with Gasteiger partial charge in [0.05, 0.1) is 10.6 Å². The van der Waals surface area contributed by atoms with Crippen LogP contribution in [0, 0.1) is 5.92 Å². The number of carbonyl (C=O) groups excluding carboxylic acids is 1. The van der Waals surface area contributed by atoms with E-state index in [1.165, 1.54) is 0 Å². The average molecular weight is 347 g/mol. The van der Waals surface area contributed by atoms with Crippen LogP contribution in [-0.2, 0) is 4.79 Å². The highest BCUT2D eigenvalue weighted by Crippen LogP contribution is 2.26. The van der Waals surface area contributed by atoms with E-state index in [4.69, 9.17) is 16.7 Å². The summed E-state index contributed by atoms with van der Waals surface area (Å²) in [5, 5.41) is 9.16. The van der Waals surface area contributed by atoms with Gasteiger partial charge < -0.3 is 10.0 Å². The number of hydrogen-bond acceptors (Lipinski definition) is 2. The molecule has 1 fully saturated rings. The lowest BCUT2D eigenvalue weighted by Gasteiger charge is -2.17. The van der Waals surface area contributed by atoms with Crippen LogP contribution in [0.5, 0.6) is 0 Å². The summed E-state index contributed by atoms with van der Waals surface area (Å²) >= 11 is 9.34. The molecule has 0 spiro atoms. The van der Waals surface area contributed by atoms with E-state index in [0.717, 1.165) is 10.9 Å². The first-order valence-electron chi connectivity index (χ1n) is 5.93. The maximum absolute atomic E-state index is 12.3. The molecular formula is C13H13BrClNO3. The van der Waals surface area contributed by atoms with Gasteiger partial charge in [-0.1, -0.05) is 27.5 Å². The van der Waals surface area contributed by atoms with Crippen molar-refractivity contribution < 1.29 is 14.7 Å². The van der Waals surface area contributed by atoms with Gasteiger partial charge in [0.25, 0.3) is 5.91 Å². The molecule has 1 unspecified atom stereocenters. The Hall–Kier alpha value is -1.07. The van der Waals surface area contributed by atoms with Crippen LogP contribution in [-0.4, -0.2) is 35.0 Å².